The maximum atomic E-state index is 12.6. The number of aromatic nitrogens is 1. The molecule has 8 heteroatoms. The third kappa shape index (κ3) is 3.70. The monoisotopic (exact) mass is 368 g/mol. The van der Waals surface area contributed by atoms with E-state index in [9.17, 15) is 14.9 Å². The number of carbonyl (C=O) groups is 1. The van der Waals surface area contributed by atoms with E-state index in [4.69, 9.17) is 0 Å². The van der Waals surface area contributed by atoms with Gasteiger partial charge in [0.15, 0.2) is 5.13 Å². The lowest BCUT2D eigenvalue weighted by atomic mass is 10.2. The summed E-state index contributed by atoms with van der Waals surface area (Å²) in [5.41, 5.74) is 1.87. The predicted octanol–water partition coefficient (Wildman–Crippen LogP) is 4.38. The average Bonchev–Trinajstić information content (AvgIpc) is 3.04. The fourth-order valence-corrected chi connectivity index (χ4v) is 3.33. The number of nitro groups is 1. The van der Waals surface area contributed by atoms with Crippen molar-refractivity contribution in [3.63, 3.8) is 0 Å². The molecule has 0 aliphatic carbocycles. The van der Waals surface area contributed by atoms with Crippen molar-refractivity contribution in [2.45, 2.75) is 6.92 Å². The molecule has 1 aromatic heterocycles. The molecule has 0 fully saturated rings. The van der Waals surface area contributed by atoms with Crippen LogP contribution in [0.25, 0.3) is 0 Å². The Bertz CT molecular complexity index is 956. The molecule has 1 heterocycles. The number of nitro benzene ring substituents is 1. The van der Waals surface area contributed by atoms with E-state index in [-0.39, 0.29) is 11.6 Å². The molecular weight excluding hydrogens is 352 g/mol. The van der Waals surface area contributed by atoms with Gasteiger partial charge in [-0.25, -0.2) is 4.98 Å². The molecule has 0 spiro atoms. The van der Waals surface area contributed by atoms with Crippen LogP contribution in [0, 0.1) is 17.0 Å². The molecule has 26 heavy (non-hydrogen) atoms. The number of thiazole rings is 1. The highest BCUT2D eigenvalue weighted by Crippen LogP contribution is 2.31. The number of hydrogen-bond acceptors (Lipinski definition) is 6. The van der Waals surface area contributed by atoms with E-state index < -0.39 is 4.92 Å². The molecule has 3 rings (SSSR count). The second-order valence-corrected chi connectivity index (χ2v) is 6.54. The minimum absolute atomic E-state index is 0.0756. The maximum absolute atomic E-state index is 12.6. The first kappa shape index (κ1) is 17.6. The van der Waals surface area contributed by atoms with E-state index in [1.807, 2.05) is 42.3 Å². The minimum atomic E-state index is -0.499. The second kappa shape index (κ2) is 7.32. The number of non-ortho nitro benzene ring substituents is 1. The van der Waals surface area contributed by atoms with E-state index in [0.717, 1.165) is 5.69 Å². The summed E-state index contributed by atoms with van der Waals surface area (Å²) in [5, 5.41) is 14.2. The van der Waals surface area contributed by atoms with Gasteiger partial charge in [-0.2, -0.15) is 0 Å². The van der Waals surface area contributed by atoms with Crippen molar-refractivity contribution in [2.24, 2.45) is 0 Å². The molecule has 0 aliphatic heterocycles. The molecule has 0 unspecified atom stereocenters. The summed E-state index contributed by atoms with van der Waals surface area (Å²) < 4.78 is 0. The van der Waals surface area contributed by atoms with Crippen LogP contribution < -0.4 is 10.2 Å². The minimum Gasteiger partial charge on any atom is -0.321 e. The molecule has 0 saturated carbocycles. The van der Waals surface area contributed by atoms with Gasteiger partial charge in [-0.05, 0) is 25.1 Å². The molecule has 0 radical (unpaired) electrons. The first-order valence-electron chi connectivity index (χ1n) is 7.77. The lowest BCUT2D eigenvalue weighted by Crippen LogP contribution is -2.11. The summed E-state index contributed by atoms with van der Waals surface area (Å²) in [5.74, 6) is -0.340. The normalized spacial score (nSPS) is 10.4. The summed E-state index contributed by atoms with van der Waals surface area (Å²) in [4.78, 5) is 29.8. The third-order valence-corrected chi connectivity index (χ3v) is 4.97. The van der Waals surface area contributed by atoms with E-state index in [1.165, 1.54) is 29.5 Å². The first-order chi connectivity index (χ1) is 12.5. The highest BCUT2D eigenvalue weighted by Gasteiger charge is 2.19. The number of nitrogens with one attached hydrogen (secondary N) is 1. The van der Waals surface area contributed by atoms with Gasteiger partial charge >= 0.3 is 0 Å². The largest absolute Gasteiger partial charge is 0.321 e. The van der Waals surface area contributed by atoms with Crippen LogP contribution in [0.1, 0.15) is 15.4 Å². The Hall–Kier alpha value is -3.26. The van der Waals surface area contributed by atoms with Gasteiger partial charge in [0.05, 0.1) is 10.6 Å². The molecule has 2 aromatic carbocycles. The standard InChI is InChI=1S/C18H16N4O3S/c1-12-16(17(23)20-13-7-6-10-15(11-13)22(24)25)26-18(19-12)21(2)14-8-4-3-5-9-14/h3-11H,1-2H3,(H,20,23). The number of aryl methyl sites for hydroxylation is 1. The fourth-order valence-electron chi connectivity index (χ4n) is 2.38. The smallest absolute Gasteiger partial charge is 0.271 e. The molecular formula is C18H16N4O3S. The topological polar surface area (TPSA) is 88.4 Å². The van der Waals surface area contributed by atoms with Gasteiger partial charge in [0, 0.05) is 30.6 Å². The van der Waals surface area contributed by atoms with Crippen molar-refractivity contribution in [3.8, 4) is 0 Å². The Morgan fingerprint density at radius 1 is 1.19 bits per heavy atom. The zero-order valence-corrected chi connectivity index (χ0v) is 15.0. The van der Waals surface area contributed by atoms with Gasteiger partial charge in [-0.3, -0.25) is 14.9 Å². The number of anilines is 3. The van der Waals surface area contributed by atoms with Gasteiger partial charge in [0.1, 0.15) is 4.88 Å². The van der Waals surface area contributed by atoms with Gasteiger partial charge in [-0.15, -0.1) is 0 Å². The number of benzene rings is 2. The average molecular weight is 368 g/mol. The number of amides is 1. The van der Waals surface area contributed by atoms with Crippen LogP contribution in [0.5, 0.6) is 0 Å². The molecule has 1 N–H and O–H groups in total. The number of carbonyl (C=O) groups excluding carboxylic acids is 1. The van der Waals surface area contributed by atoms with Crippen molar-refractivity contribution in [1.82, 2.24) is 4.98 Å². The Balaban J connectivity index is 1.81. The van der Waals surface area contributed by atoms with Gasteiger partial charge in [-0.1, -0.05) is 35.6 Å². The summed E-state index contributed by atoms with van der Waals surface area (Å²) in [6.07, 6.45) is 0. The van der Waals surface area contributed by atoms with Crippen molar-refractivity contribution in [3.05, 3.63) is 75.3 Å². The summed E-state index contributed by atoms with van der Waals surface area (Å²) >= 11 is 1.27. The van der Waals surface area contributed by atoms with Crippen LogP contribution in [0.2, 0.25) is 0 Å². The van der Waals surface area contributed by atoms with E-state index in [0.29, 0.717) is 21.4 Å². The third-order valence-electron chi connectivity index (χ3n) is 3.74. The summed E-state index contributed by atoms with van der Waals surface area (Å²) in [6.45, 7) is 1.77. The first-order valence-corrected chi connectivity index (χ1v) is 8.59. The Kier molecular flexibility index (Phi) is 4.94. The van der Waals surface area contributed by atoms with E-state index in [2.05, 4.69) is 10.3 Å². The zero-order chi connectivity index (χ0) is 18.7. The highest BCUT2D eigenvalue weighted by molar-refractivity contribution is 7.17. The Morgan fingerprint density at radius 3 is 2.62 bits per heavy atom. The molecule has 7 nitrogen and oxygen atoms in total. The maximum Gasteiger partial charge on any atom is 0.271 e. The van der Waals surface area contributed by atoms with Crippen molar-refractivity contribution >= 4 is 39.4 Å². The van der Waals surface area contributed by atoms with Crippen LogP contribution in [-0.4, -0.2) is 22.9 Å². The fraction of sp³-hybridized carbons (Fsp3) is 0.111. The number of nitrogens with zero attached hydrogens (tertiary/aromatic N) is 3. The molecule has 0 atom stereocenters. The van der Waals surface area contributed by atoms with Crippen molar-refractivity contribution in [2.75, 3.05) is 17.3 Å². The van der Waals surface area contributed by atoms with Crippen molar-refractivity contribution in [1.29, 1.82) is 0 Å². The van der Waals surface area contributed by atoms with Crippen LogP contribution in [-0.2, 0) is 0 Å². The molecule has 132 valence electrons. The van der Waals surface area contributed by atoms with Crippen LogP contribution >= 0.6 is 11.3 Å². The lowest BCUT2D eigenvalue weighted by molar-refractivity contribution is -0.384. The van der Waals surface area contributed by atoms with Crippen LogP contribution in [0.3, 0.4) is 0 Å². The number of para-hydroxylation sites is 1. The van der Waals surface area contributed by atoms with Crippen LogP contribution in [0.15, 0.2) is 54.6 Å². The van der Waals surface area contributed by atoms with E-state index in [1.54, 1.807) is 13.0 Å². The van der Waals surface area contributed by atoms with Gasteiger partial charge in [0.25, 0.3) is 11.6 Å². The van der Waals surface area contributed by atoms with Gasteiger partial charge < -0.3 is 10.2 Å². The predicted molar refractivity (Wildman–Crippen MR) is 102 cm³/mol. The number of hydrogen-bond donors (Lipinski definition) is 1. The van der Waals surface area contributed by atoms with E-state index >= 15 is 0 Å². The molecule has 1 amide bonds. The van der Waals surface area contributed by atoms with Gasteiger partial charge in [0.2, 0.25) is 0 Å². The molecule has 0 saturated heterocycles. The molecule has 3 aromatic rings. The SMILES string of the molecule is Cc1nc(N(C)c2ccccc2)sc1C(=O)Nc1cccc([N+](=O)[O-])c1. The summed E-state index contributed by atoms with van der Waals surface area (Å²) in [7, 11) is 1.88. The lowest BCUT2D eigenvalue weighted by Gasteiger charge is -2.15. The highest BCUT2D eigenvalue weighted by atomic mass is 32.1. The van der Waals surface area contributed by atoms with Crippen LogP contribution in [0.4, 0.5) is 22.2 Å². The zero-order valence-electron chi connectivity index (χ0n) is 14.2. The summed E-state index contributed by atoms with van der Waals surface area (Å²) in [6, 6.07) is 15.6. The Morgan fingerprint density at radius 2 is 1.92 bits per heavy atom. The molecule has 0 aliphatic rings. The quantitative estimate of drug-likeness (QED) is 0.533. The van der Waals surface area contributed by atoms with Crippen molar-refractivity contribution < 1.29 is 9.72 Å². The Labute approximate surface area is 154 Å². The number of rotatable bonds is 5. The second-order valence-electron chi connectivity index (χ2n) is 5.57. The molecule has 0 bridgehead atoms.